The Morgan fingerprint density at radius 1 is 1.00 bits per heavy atom. The van der Waals surface area contributed by atoms with E-state index in [9.17, 15) is 9.59 Å². The van der Waals surface area contributed by atoms with Crippen LogP contribution in [0.15, 0.2) is 77.3 Å². The zero-order chi connectivity index (χ0) is 19.9. The maximum atomic E-state index is 13.3. The molecule has 3 nitrogen and oxygen atoms in total. The first-order valence-electron chi connectivity index (χ1n) is 8.87. The molecule has 5 heteroatoms. The van der Waals surface area contributed by atoms with Gasteiger partial charge in [0.15, 0.2) is 5.78 Å². The summed E-state index contributed by atoms with van der Waals surface area (Å²) in [4.78, 5) is 27.0. The molecule has 0 radical (unpaired) electrons. The van der Waals surface area contributed by atoms with E-state index in [1.807, 2.05) is 72.5 Å². The Morgan fingerprint density at radius 2 is 1.64 bits per heavy atom. The lowest BCUT2D eigenvalue weighted by Gasteiger charge is -2.37. The van der Waals surface area contributed by atoms with Crippen LogP contribution in [0.1, 0.15) is 16.7 Å². The molecule has 140 valence electrons. The number of nitrogens with zero attached hydrogens (tertiary/aromatic N) is 1. The third-order valence-corrected chi connectivity index (χ3v) is 6.92. The summed E-state index contributed by atoms with van der Waals surface area (Å²) in [5.74, 6) is -0.155. The molecule has 1 aliphatic carbocycles. The summed E-state index contributed by atoms with van der Waals surface area (Å²) in [5, 5.41) is 0. The number of carbonyl (C=O) groups excluding carboxylic acids is 2. The molecule has 0 aromatic heterocycles. The number of amides is 1. The van der Waals surface area contributed by atoms with E-state index in [1.54, 1.807) is 12.2 Å². The normalized spacial score (nSPS) is 17.9. The zero-order valence-electron chi connectivity index (χ0n) is 15.2. The van der Waals surface area contributed by atoms with Crippen LogP contribution in [0.25, 0.3) is 5.57 Å². The maximum Gasteiger partial charge on any atom is 0.262 e. The fraction of sp³-hybridized carbons (Fsp3) is 0.130. The Balaban J connectivity index is 1.86. The average Bonchev–Trinajstić information content (AvgIpc) is 2.88. The first kappa shape index (κ1) is 19.3. The highest BCUT2D eigenvalue weighted by Crippen LogP contribution is 2.48. The van der Waals surface area contributed by atoms with Crippen LogP contribution in [0.2, 0.25) is 0 Å². The molecule has 2 aliphatic rings. The van der Waals surface area contributed by atoms with E-state index in [0.29, 0.717) is 11.0 Å². The fourth-order valence-corrected chi connectivity index (χ4v) is 4.98. The summed E-state index contributed by atoms with van der Waals surface area (Å²) < 4.78 is 1.63. The number of allylic oxidation sites excluding steroid dienone is 2. The Bertz CT molecular complexity index is 1050. The van der Waals surface area contributed by atoms with E-state index in [0.717, 1.165) is 25.8 Å². The molecule has 1 heterocycles. The van der Waals surface area contributed by atoms with Crippen LogP contribution in [0.4, 0.5) is 0 Å². The Morgan fingerprint density at radius 3 is 2.29 bits per heavy atom. The second kappa shape index (κ2) is 7.44. The summed E-state index contributed by atoms with van der Waals surface area (Å²) in [5.41, 5.74) is 3.25. The summed E-state index contributed by atoms with van der Waals surface area (Å²) in [6.07, 6.45) is 6.78. The molecule has 0 N–H and O–H groups in total. The Labute approximate surface area is 186 Å². The number of rotatable bonds is 3. The first-order valence-corrected chi connectivity index (χ1v) is 10.7. The topological polar surface area (TPSA) is 37.4 Å². The number of ketones is 1. The maximum absolute atomic E-state index is 13.3. The van der Waals surface area contributed by atoms with Crippen LogP contribution in [0.3, 0.4) is 0 Å². The molecule has 0 fully saturated rings. The van der Waals surface area contributed by atoms with Crippen molar-refractivity contribution in [3.05, 3.63) is 97.6 Å². The highest BCUT2D eigenvalue weighted by molar-refractivity contribution is 14.1. The molecule has 0 saturated heterocycles. The van der Waals surface area contributed by atoms with Crippen molar-refractivity contribution in [1.29, 1.82) is 0 Å². The van der Waals surface area contributed by atoms with Crippen LogP contribution in [0, 0.1) is 10.5 Å². The van der Waals surface area contributed by atoms with Gasteiger partial charge in [-0.2, -0.15) is 0 Å². The van der Waals surface area contributed by atoms with Gasteiger partial charge in [-0.3, -0.25) is 9.59 Å². The summed E-state index contributed by atoms with van der Waals surface area (Å²) in [7, 11) is 0. The van der Waals surface area contributed by atoms with Crippen molar-refractivity contribution in [1.82, 2.24) is 4.90 Å². The van der Waals surface area contributed by atoms with Gasteiger partial charge in [0.2, 0.25) is 0 Å². The van der Waals surface area contributed by atoms with Gasteiger partial charge in [0.05, 0.1) is 4.48 Å². The van der Waals surface area contributed by atoms with E-state index in [-0.39, 0.29) is 11.7 Å². The first-order chi connectivity index (χ1) is 13.4. The van der Waals surface area contributed by atoms with Crippen molar-refractivity contribution in [2.45, 2.75) is 19.0 Å². The fourth-order valence-electron chi connectivity index (χ4n) is 3.66. The molecule has 1 spiro atoms. The molecule has 0 bridgehead atoms. The molecular formula is C23H17BrINO2. The highest BCUT2D eigenvalue weighted by atomic mass is 127. The van der Waals surface area contributed by atoms with Gasteiger partial charge in [0.25, 0.3) is 5.91 Å². The molecule has 2 aromatic rings. The molecule has 1 amide bonds. The van der Waals surface area contributed by atoms with Gasteiger partial charge >= 0.3 is 0 Å². The van der Waals surface area contributed by atoms with Gasteiger partial charge in [-0.1, -0.05) is 48.0 Å². The number of aryl methyl sites for hydroxylation is 1. The van der Waals surface area contributed by atoms with Crippen molar-refractivity contribution < 1.29 is 9.59 Å². The van der Waals surface area contributed by atoms with E-state index in [4.69, 9.17) is 0 Å². The molecule has 0 atom stereocenters. The van der Waals surface area contributed by atoms with Crippen molar-refractivity contribution in [2.24, 2.45) is 0 Å². The standard InChI is InChI=1S/C23H17BrINO2/c1-15-6-8-16(9-7-15)20-21(24)22(28)26(14-17-4-2-3-5-19(17)25)23(20)12-10-18(27)11-13-23/h2-13H,14H2,1H3. The molecule has 0 unspecified atom stereocenters. The van der Waals surface area contributed by atoms with Crippen LogP contribution >= 0.6 is 38.5 Å². The van der Waals surface area contributed by atoms with Crippen LogP contribution < -0.4 is 0 Å². The predicted octanol–water partition coefficient (Wildman–Crippen LogP) is 5.18. The van der Waals surface area contributed by atoms with Crippen molar-refractivity contribution >= 4 is 55.8 Å². The van der Waals surface area contributed by atoms with Crippen molar-refractivity contribution in [3.63, 3.8) is 0 Å². The minimum atomic E-state index is -0.794. The van der Waals surface area contributed by atoms with E-state index in [1.165, 1.54) is 0 Å². The van der Waals surface area contributed by atoms with Crippen LogP contribution in [-0.4, -0.2) is 22.1 Å². The van der Waals surface area contributed by atoms with Crippen LogP contribution in [-0.2, 0) is 16.1 Å². The smallest absolute Gasteiger partial charge is 0.262 e. The van der Waals surface area contributed by atoms with Gasteiger partial charge in [0, 0.05) is 15.7 Å². The molecule has 1 aliphatic heterocycles. The number of halogens is 2. The molecular weight excluding hydrogens is 529 g/mol. The third kappa shape index (κ3) is 3.20. The van der Waals surface area contributed by atoms with Gasteiger partial charge in [0.1, 0.15) is 5.54 Å². The second-order valence-corrected chi connectivity index (χ2v) is 8.89. The Kier molecular flexibility index (Phi) is 5.14. The lowest BCUT2D eigenvalue weighted by atomic mass is 9.82. The quantitative estimate of drug-likeness (QED) is 0.498. The molecule has 4 rings (SSSR count). The minimum Gasteiger partial charge on any atom is -0.317 e. The van der Waals surface area contributed by atoms with E-state index < -0.39 is 5.54 Å². The molecule has 0 saturated carbocycles. The number of benzene rings is 2. The lowest BCUT2D eigenvalue weighted by Crippen LogP contribution is -2.45. The van der Waals surface area contributed by atoms with Gasteiger partial charge in [-0.05, 0) is 86.9 Å². The summed E-state index contributed by atoms with van der Waals surface area (Å²) >= 11 is 5.85. The third-order valence-electron chi connectivity index (χ3n) is 5.13. The van der Waals surface area contributed by atoms with Crippen LogP contribution in [0.5, 0.6) is 0 Å². The number of hydrogen-bond donors (Lipinski definition) is 0. The van der Waals surface area contributed by atoms with Crippen molar-refractivity contribution in [2.75, 3.05) is 0 Å². The SMILES string of the molecule is Cc1ccc(C2=C(Br)C(=O)N(Cc3ccccc3I)C23C=CC(=O)C=C3)cc1. The lowest BCUT2D eigenvalue weighted by molar-refractivity contribution is -0.127. The largest absolute Gasteiger partial charge is 0.317 e. The number of carbonyl (C=O) groups is 2. The molecule has 2 aromatic carbocycles. The highest BCUT2D eigenvalue weighted by Gasteiger charge is 2.49. The van der Waals surface area contributed by atoms with Gasteiger partial charge in [-0.15, -0.1) is 0 Å². The monoisotopic (exact) mass is 545 g/mol. The number of hydrogen-bond acceptors (Lipinski definition) is 2. The van der Waals surface area contributed by atoms with E-state index >= 15 is 0 Å². The zero-order valence-corrected chi connectivity index (χ0v) is 18.9. The minimum absolute atomic E-state index is 0.0707. The summed E-state index contributed by atoms with van der Waals surface area (Å²) in [6, 6.07) is 16.1. The van der Waals surface area contributed by atoms with Gasteiger partial charge in [-0.25, -0.2) is 0 Å². The summed E-state index contributed by atoms with van der Waals surface area (Å²) in [6.45, 7) is 2.48. The average molecular weight is 546 g/mol. The Hall–Kier alpha value is -1.99. The predicted molar refractivity (Wildman–Crippen MR) is 123 cm³/mol. The van der Waals surface area contributed by atoms with Gasteiger partial charge < -0.3 is 4.90 Å². The molecule has 28 heavy (non-hydrogen) atoms. The second-order valence-electron chi connectivity index (χ2n) is 6.93. The van der Waals surface area contributed by atoms with Crippen molar-refractivity contribution in [3.8, 4) is 0 Å². The van der Waals surface area contributed by atoms with E-state index in [2.05, 4.69) is 38.5 Å².